The summed E-state index contributed by atoms with van der Waals surface area (Å²) in [7, 11) is 0. The molecule has 3 aromatic heterocycles. The van der Waals surface area contributed by atoms with Crippen molar-refractivity contribution in [1.82, 2.24) is 30.4 Å². The molecule has 27 heavy (non-hydrogen) atoms. The average molecular weight is 386 g/mol. The van der Waals surface area contributed by atoms with E-state index in [0.717, 1.165) is 12.1 Å². The van der Waals surface area contributed by atoms with Crippen molar-refractivity contribution in [2.24, 2.45) is 5.92 Å². The van der Waals surface area contributed by atoms with Crippen molar-refractivity contribution in [3.63, 3.8) is 0 Å². The minimum absolute atomic E-state index is 0.220. The summed E-state index contributed by atoms with van der Waals surface area (Å²) in [6.45, 7) is 7.95. The van der Waals surface area contributed by atoms with Crippen molar-refractivity contribution in [1.29, 1.82) is 0 Å². The van der Waals surface area contributed by atoms with Crippen molar-refractivity contribution in [3.05, 3.63) is 40.7 Å². The van der Waals surface area contributed by atoms with Gasteiger partial charge in [0, 0.05) is 18.8 Å². The lowest BCUT2D eigenvalue weighted by Gasteiger charge is -2.09. The second kappa shape index (κ2) is 8.34. The number of carbonyl (C=O) groups excluding carboxylic acids is 1. The zero-order chi connectivity index (χ0) is 19.4. The van der Waals surface area contributed by atoms with E-state index in [-0.39, 0.29) is 5.91 Å². The lowest BCUT2D eigenvalue weighted by molar-refractivity contribution is 0.0935. The summed E-state index contributed by atoms with van der Waals surface area (Å²) in [5, 5.41) is 7.51. The van der Waals surface area contributed by atoms with Crippen LogP contribution >= 0.6 is 11.3 Å². The number of aromatic nitrogens is 5. The highest BCUT2D eigenvalue weighted by molar-refractivity contribution is 7.17. The maximum Gasteiger partial charge on any atom is 0.263 e. The van der Waals surface area contributed by atoms with E-state index < -0.39 is 6.04 Å². The highest BCUT2D eigenvalue weighted by atomic mass is 32.1. The van der Waals surface area contributed by atoms with Gasteiger partial charge in [-0.15, -0.1) is 11.3 Å². The van der Waals surface area contributed by atoms with Crippen molar-refractivity contribution < 1.29 is 9.32 Å². The van der Waals surface area contributed by atoms with Crippen molar-refractivity contribution >= 4 is 17.2 Å². The van der Waals surface area contributed by atoms with E-state index in [0.29, 0.717) is 39.8 Å². The first-order valence-corrected chi connectivity index (χ1v) is 9.70. The lowest BCUT2D eigenvalue weighted by atomic mass is 10.1. The Morgan fingerprint density at radius 1 is 1.22 bits per heavy atom. The zero-order valence-corrected chi connectivity index (χ0v) is 16.6. The van der Waals surface area contributed by atoms with Gasteiger partial charge in [0.1, 0.15) is 10.9 Å². The fourth-order valence-electron chi connectivity index (χ4n) is 2.49. The minimum atomic E-state index is -0.394. The summed E-state index contributed by atoms with van der Waals surface area (Å²) in [6, 6.07) is 1.35. The van der Waals surface area contributed by atoms with Crippen molar-refractivity contribution in [3.8, 4) is 10.8 Å². The third-order valence-corrected chi connectivity index (χ3v) is 4.88. The standard InChI is InChI=1S/C18H22N6O2S/c1-5-12-14(27-18(22-12)15-19-7-6-8-20-15)16(25)21-11(4)17-23-13(24-26-17)9-10(2)3/h6-8,10-11H,5,9H2,1-4H3,(H,21,25). The molecule has 0 aliphatic carbocycles. The Morgan fingerprint density at radius 3 is 2.63 bits per heavy atom. The van der Waals surface area contributed by atoms with Crippen LogP contribution in [0, 0.1) is 5.92 Å². The molecule has 1 amide bonds. The van der Waals surface area contributed by atoms with Crippen LogP contribution < -0.4 is 5.32 Å². The van der Waals surface area contributed by atoms with Crippen LogP contribution in [-0.2, 0) is 12.8 Å². The molecule has 8 nitrogen and oxygen atoms in total. The first-order valence-electron chi connectivity index (χ1n) is 8.88. The maximum atomic E-state index is 12.8. The van der Waals surface area contributed by atoms with Gasteiger partial charge in [0.2, 0.25) is 5.89 Å². The number of aryl methyl sites for hydroxylation is 1. The molecule has 0 aromatic carbocycles. The third-order valence-electron chi connectivity index (χ3n) is 3.79. The molecule has 0 saturated heterocycles. The van der Waals surface area contributed by atoms with Gasteiger partial charge in [-0.2, -0.15) is 4.98 Å². The number of thiazole rings is 1. The molecule has 1 atom stereocenters. The Labute approximate surface area is 161 Å². The monoisotopic (exact) mass is 386 g/mol. The molecule has 0 radical (unpaired) electrons. The molecule has 0 aliphatic rings. The molecule has 1 N–H and O–H groups in total. The molecule has 1 unspecified atom stereocenters. The first kappa shape index (κ1) is 19.1. The molecule has 9 heteroatoms. The molecule has 0 saturated carbocycles. The second-order valence-corrected chi connectivity index (χ2v) is 7.56. The van der Waals surface area contributed by atoms with E-state index in [9.17, 15) is 4.79 Å². The second-order valence-electron chi connectivity index (χ2n) is 6.56. The van der Waals surface area contributed by atoms with Crippen LogP contribution in [0.2, 0.25) is 0 Å². The van der Waals surface area contributed by atoms with Gasteiger partial charge in [0.25, 0.3) is 5.91 Å². The van der Waals surface area contributed by atoms with E-state index in [1.54, 1.807) is 18.5 Å². The van der Waals surface area contributed by atoms with E-state index in [1.165, 1.54) is 11.3 Å². The number of hydrogen-bond donors (Lipinski definition) is 1. The molecule has 142 valence electrons. The van der Waals surface area contributed by atoms with E-state index in [2.05, 4.69) is 44.3 Å². The summed E-state index contributed by atoms with van der Waals surface area (Å²) in [4.78, 5) is 30.6. The fraction of sp³-hybridized carbons (Fsp3) is 0.444. The van der Waals surface area contributed by atoms with Gasteiger partial charge >= 0.3 is 0 Å². The predicted molar refractivity (Wildman–Crippen MR) is 101 cm³/mol. The van der Waals surface area contributed by atoms with Crippen LogP contribution in [0.3, 0.4) is 0 Å². The Balaban J connectivity index is 1.75. The predicted octanol–water partition coefficient (Wildman–Crippen LogP) is 3.24. The number of carbonyl (C=O) groups is 1. The molecule has 0 fully saturated rings. The summed E-state index contributed by atoms with van der Waals surface area (Å²) in [5.74, 6) is 1.77. The van der Waals surface area contributed by atoms with Crippen LogP contribution in [0.5, 0.6) is 0 Å². The molecule has 3 heterocycles. The molecule has 3 rings (SSSR count). The Hall–Kier alpha value is -2.68. The van der Waals surface area contributed by atoms with Gasteiger partial charge in [-0.1, -0.05) is 25.9 Å². The number of amides is 1. The molecule has 0 spiro atoms. The normalized spacial score (nSPS) is 12.3. The third kappa shape index (κ3) is 4.54. The first-order chi connectivity index (χ1) is 13.0. The van der Waals surface area contributed by atoms with Gasteiger partial charge in [0.05, 0.1) is 5.69 Å². The Bertz CT molecular complexity index is 906. The molecular formula is C18H22N6O2S. The van der Waals surface area contributed by atoms with E-state index >= 15 is 0 Å². The van der Waals surface area contributed by atoms with Crippen molar-refractivity contribution in [2.75, 3.05) is 0 Å². The fourth-order valence-corrected chi connectivity index (χ4v) is 3.49. The molecule has 0 bridgehead atoms. The van der Waals surface area contributed by atoms with Gasteiger partial charge in [-0.25, -0.2) is 15.0 Å². The zero-order valence-electron chi connectivity index (χ0n) is 15.8. The largest absolute Gasteiger partial charge is 0.340 e. The van der Waals surface area contributed by atoms with Crippen LogP contribution in [0.15, 0.2) is 23.0 Å². The highest BCUT2D eigenvalue weighted by Gasteiger charge is 2.23. The van der Waals surface area contributed by atoms with E-state index in [4.69, 9.17) is 4.52 Å². The lowest BCUT2D eigenvalue weighted by Crippen LogP contribution is -2.27. The average Bonchev–Trinajstić information content (AvgIpc) is 3.29. The van der Waals surface area contributed by atoms with Crippen molar-refractivity contribution in [2.45, 2.75) is 46.6 Å². The summed E-state index contributed by atoms with van der Waals surface area (Å²) < 4.78 is 5.29. The maximum absolute atomic E-state index is 12.8. The summed E-state index contributed by atoms with van der Waals surface area (Å²) in [5.41, 5.74) is 0.721. The minimum Gasteiger partial charge on any atom is -0.340 e. The number of hydrogen-bond acceptors (Lipinski definition) is 8. The van der Waals surface area contributed by atoms with Gasteiger partial charge in [-0.05, 0) is 25.3 Å². The number of nitrogens with one attached hydrogen (secondary N) is 1. The quantitative estimate of drug-likeness (QED) is 0.664. The SMILES string of the molecule is CCc1nc(-c2ncccn2)sc1C(=O)NC(C)c1nc(CC(C)C)no1. The topological polar surface area (TPSA) is 107 Å². The number of nitrogens with zero attached hydrogens (tertiary/aromatic N) is 5. The van der Waals surface area contributed by atoms with Gasteiger partial charge < -0.3 is 9.84 Å². The molecule has 3 aromatic rings. The van der Waals surface area contributed by atoms with Crippen LogP contribution in [0.25, 0.3) is 10.8 Å². The van der Waals surface area contributed by atoms with Gasteiger partial charge in [0.15, 0.2) is 16.7 Å². The Morgan fingerprint density at radius 2 is 1.96 bits per heavy atom. The Kier molecular flexibility index (Phi) is 5.90. The number of rotatable bonds is 7. The summed E-state index contributed by atoms with van der Waals surface area (Å²) in [6.07, 6.45) is 4.68. The van der Waals surface area contributed by atoms with E-state index in [1.807, 2.05) is 13.8 Å². The summed E-state index contributed by atoms with van der Waals surface area (Å²) >= 11 is 1.28. The highest BCUT2D eigenvalue weighted by Crippen LogP contribution is 2.26. The van der Waals surface area contributed by atoms with Crippen LogP contribution in [0.1, 0.15) is 60.8 Å². The molecule has 0 aliphatic heterocycles. The molecular weight excluding hydrogens is 364 g/mol. The smallest absolute Gasteiger partial charge is 0.263 e. The van der Waals surface area contributed by atoms with Crippen LogP contribution in [-0.4, -0.2) is 31.0 Å². The van der Waals surface area contributed by atoms with Crippen LogP contribution in [0.4, 0.5) is 0 Å². The van der Waals surface area contributed by atoms with Gasteiger partial charge in [-0.3, -0.25) is 4.79 Å².